The zero-order valence-corrected chi connectivity index (χ0v) is 8.44. The molecule has 0 N–H and O–H groups in total. The normalized spacial score (nSPS) is 28.8. The second-order valence-corrected chi connectivity index (χ2v) is 3.53. The third-order valence-electron chi connectivity index (χ3n) is 2.43. The van der Waals surface area contributed by atoms with Crippen molar-refractivity contribution >= 4 is 0 Å². The third kappa shape index (κ3) is 1.64. The Labute approximate surface area is 100 Å². The van der Waals surface area contributed by atoms with Crippen LogP contribution in [0.3, 0.4) is 0 Å². The van der Waals surface area contributed by atoms with Gasteiger partial charge in [-0.05, 0) is 0 Å². The van der Waals surface area contributed by atoms with Gasteiger partial charge in [0.25, 0.3) is 0 Å². The molecule has 1 atom stereocenters. The van der Waals surface area contributed by atoms with Crippen LogP contribution in [0.5, 0.6) is 0 Å². The Morgan fingerprint density at radius 1 is 0.750 bits per heavy atom. The SMILES string of the molecule is FC(F)=C(F)[C@]1(F)C(F)(F)OC1(C(F)(F)F)C(F)(F)F. The van der Waals surface area contributed by atoms with Gasteiger partial charge in [-0.15, -0.1) is 0 Å². The Morgan fingerprint density at radius 3 is 1.30 bits per heavy atom. The smallest absolute Gasteiger partial charge is 0.288 e. The highest BCUT2D eigenvalue weighted by atomic mass is 19.4. The summed E-state index contributed by atoms with van der Waals surface area (Å²) in [6.07, 6.45) is -24.2. The molecule has 0 unspecified atom stereocenters. The van der Waals surface area contributed by atoms with Crippen LogP contribution in [0.1, 0.15) is 0 Å². The van der Waals surface area contributed by atoms with Crippen molar-refractivity contribution in [1.29, 1.82) is 0 Å². The van der Waals surface area contributed by atoms with Crippen LogP contribution in [-0.2, 0) is 4.74 Å². The third-order valence-corrected chi connectivity index (χ3v) is 2.43. The summed E-state index contributed by atoms with van der Waals surface area (Å²) in [5, 5.41) is 0. The lowest BCUT2D eigenvalue weighted by molar-refractivity contribution is -0.568. The molecule has 1 heterocycles. The van der Waals surface area contributed by atoms with Crippen molar-refractivity contribution in [2.75, 3.05) is 0 Å². The molecule has 1 aliphatic heterocycles. The van der Waals surface area contributed by atoms with Crippen molar-refractivity contribution in [2.24, 2.45) is 0 Å². The molecule has 0 aromatic carbocycles. The van der Waals surface area contributed by atoms with E-state index in [0.29, 0.717) is 0 Å². The molecule has 0 amide bonds. The fourth-order valence-electron chi connectivity index (χ4n) is 1.57. The number of rotatable bonds is 1. The summed E-state index contributed by atoms with van der Waals surface area (Å²) in [5.74, 6) is -4.21. The lowest BCUT2D eigenvalue weighted by Crippen LogP contribution is -2.86. The van der Waals surface area contributed by atoms with Crippen molar-refractivity contribution in [2.45, 2.75) is 29.7 Å². The lowest BCUT2D eigenvalue weighted by Gasteiger charge is -2.56. The van der Waals surface area contributed by atoms with Gasteiger partial charge in [-0.1, -0.05) is 0 Å². The second kappa shape index (κ2) is 3.95. The van der Waals surface area contributed by atoms with E-state index in [1.54, 1.807) is 0 Å². The highest BCUT2D eigenvalue weighted by molar-refractivity contribution is 5.33. The molecule has 13 heteroatoms. The van der Waals surface area contributed by atoms with Crippen LogP contribution >= 0.6 is 0 Å². The summed E-state index contributed by atoms with van der Waals surface area (Å²) in [6.45, 7) is 0. The van der Waals surface area contributed by atoms with E-state index in [0.717, 1.165) is 0 Å². The maximum absolute atomic E-state index is 13.4. The van der Waals surface area contributed by atoms with Crippen molar-refractivity contribution < 1.29 is 57.4 Å². The van der Waals surface area contributed by atoms with Gasteiger partial charge < -0.3 is 0 Å². The zero-order chi connectivity index (χ0) is 16.4. The first-order chi connectivity index (χ1) is 8.56. The van der Waals surface area contributed by atoms with Crippen LogP contribution in [0.15, 0.2) is 11.9 Å². The molecule has 1 nitrogen and oxygen atoms in total. The number of hydrogen-bond donors (Lipinski definition) is 0. The largest absolute Gasteiger partial charge is 0.430 e. The van der Waals surface area contributed by atoms with Crippen LogP contribution in [-0.4, -0.2) is 29.7 Å². The summed E-state index contributed by atoms with van der Waals surface area (Å²) >= 11 is 0. The number of ether oxygens (including phenoxy) is 1. The van der Waals surface area contributed by atoms with E-state index in [1.807, 2.05) is 0 Å². The molecule has 0 spiro atoms. The molecule has 1 fully saturated rings. The minimum Gasteiger partial charge on any atom is -0.288 e. The molecule has 1 saturated heterocycles. The number of hydrogen-bond acceptors (Lipinski definition) is 1. The first-order valence-corrected chi connectivity index (χ1v) is 4.18. The maximum atomic E-state index is 13.4. The van der Waals surface area contributed by atoms with Gasteiger partial charge in [0.2, 0.25) is 5.83 Å². The lowest BCUT2D eigenvalue weighted by atomic mass is 9.75. The molecule has 20 heavy (non-hydrogen) atoms. The van der Waals surface area contributed by atoms with Gasteiger partial charge in [0.15, 0.2) is 0 Å². The summed E-state index contributed by atoms with van der Waals surface area (Å²) in [4.78, 5) is 0. The van der Waals surface area contributed by atoms with Gasteiger partial charge in [0, 0.05) is 0 Å². The molecule has 1 aliphatic rings. The highest BCUT2D eigenvalue weighted by Gasteiger charge is 3.00. The van der Waals surface area contributed by atoms with Crippen LogP contribution in [0.25, 0.3) is 0 Å². The Hall–Kier alpha value is -1.14. The van der Waals surface area contributed by atoms with E-state index in [1.165, 1.54) is 0 Å². The zero-order valence-electron chi connectivity index (χ0n) is 8.44. The van der Waals surface area contributed by atoms with Crippen molar-refractivity contribution in [3.8, 4) is 0 Å². The average Bonchev–Trinajstić information content (AvgIpc) is 2.19. The summed E-state index contributed by atoms with van der Waals surface area (Å²) in [7, 11) is 0. The molecule has 0 radical (unpaired) electrons. The molecular weight excluding hydrogens is 328 g/mol. The van der Waals surface area contributed by atoms with Gasteiger partial charge in [-0.3, -0.25) is 4.74 Å². The minimum absolute atomic E-state index is 2.16. The minimum atomic E-state index is -6.98. The fourth-order valence-corrected chi connectivity index (χ4v) is 1.57. The Balaban J connectivity index is 3.71. The first kappa shape index (κ1) is 16.9. The summed E-state index contributed by atoms with van der Waals surface area (Å²) in [5.41, 5.74) is -12.9. The number of halogens is 12. The molecule has 118 valence electrons. The average molecular weight is 328 g/mol. The topological polar surface area (TPSA) is 9.23 Å². The van der Waals surface area contributed by atoms with E-state index in [9.17, 15) is 52.7 Å². The van der Waals surface area contributed by atoms with Crippen LogP contribution in [0, 0.1) is 0 Å². The summed E-state index contributed by atoms with van der Waals surface area (Å²) in [6, 6.07) is 0. The predicted molar refractivity (Wildman–Crippen MR) is 35.1 cm³/mol. The fraction of sp³-hybridized carbons (Fsp3) is 0.714. The molecule has 0 aliphatic carbocycles. The Kier molecular flexibility index (Phi) is 3.34. The van der Waals surface area contributed by atoms with Crippen molar-refractivity contribution in [3.05, 3.63) is 11.9 Å². The van der Waals surface area contributed by atoms with Gasteiger partial charge in [-0.25, -0.2) is 8.78 Å². The second-order valence-electron chi connectivity index (χ2n) is 3.53. The molecule has 0 aromatic rings. The standard InChI is InChI=1S/C7F12O/c8-1(2(9)10)3(11)4(5(12,13)14,6(15,16)17)20-7(3,18)19/t3-/m1/s1. The molecule has 0 aromatic heterocycles. The van der Waals surface area contributed by atoms with Crippen LogP contribution < -0.4 is 0 Å². The van der Waals surface area contributed by atoms with Gasteiger partial charge in [0.1, 0.15) is 0 Å². The van der Waals surface area contributed by atoms with E-state index in [4.69, 9.17) is 0 Å². The summed E-state index contributed by atoms with van der Waals surface area (Å²) < 4.78 is 150. The quantitative estimate of drug-likeness (QED) is 0.654. The molecular formula is C7F12O. The van der Waals surface area contributed by atoms with Crippen molar-refractivity contribution in [3.63, 3.8) is 0 Å². The molecule has 1 rings (SSSR count). The molecule has 0 saturated carbocycles. The highest BCUT2D eigenvalue weighted by Crippen LogP contribution is 2.70. The van der Waals surface area contributed by atoms with Crippen LogP contribution in [0.2, 0.25) is 0 Å². The predicted octanol–water partition coefficient (Wildman–Crippen LogP) is 4.26. The first-order valence-electron chi connectivity index (χ1n) is 4.18. The van der Waals surface area contributed by atoms with Crippen LogP contribution in [0.4, 0.5) is 52.7 Å². The van der Waals surface area contributed by atoms with E-state index < -0.39 is 41.6 Å². The van der Waals surface area contributed by atoms with Gasteiger partial charge in [0.05, 0.1) is 0 Å². The van der Waals surface area contributed by atoms with E-state index in [-0.39, 0.29) is 0 Å². The van der Waals surface area contributed by atoms with E-state index >= 15 is 0 Å². The maximum Gasteiger partial charge on any atom is 0.430 e. The monoisotopic (exact) mass is 328 g/mol. The Morgan fingerprint density at radius 2 is 1.10 bits per heavy atom. The molecule has 0 bridgehead atoms. The van der Waals surface area contributed by atoms with E-state index in [2.05, 4.69) is 4.74 Å². The number of alkyl halides is 9. The van der Waals surface area contributed by atoms with Crippen molar-refractivity contribution in [1.82, 2.24) is 0 Å². The van der Waals surface area contributed by atoms with Gasteiger partial charge in [-0.2, -0.15) is 43.9 Å². The van der Waals surface area contributed by atoms with Gasteiger partial charge >= 0.3 is 35.8 Å². The Bertz CT molecular complexity index is 426.